The van der Waals surface area contributed by atoms with Crippen LogP contribution in [0.15, 0.2) is 84.9 Å². The van der Waals surface area contributed by atoms with Gasteiger partial charge in [0.15, 0.2) is 0 Å². The van der Waals surface area contributed by atoms with E-state index in [9.17, 15) is 0 Å². The second kappa shape index (κ2) is 16.1. The van der Waals surface area contributed by atoms with Crippen molar-refractivity contribution in [2.75, 3.05) is 12.3 Å². The smallest absolute Gasteiger partial charge is 0.122 e. The van der Waals surface area contributed by atoms with Gasteiger partial charge in [-0.1, -0.05) is 112 Å². The lowest BCUT2D eigenvalue weighted by Gasteiger charge is -2.15. The molecule has 2 heteroatoms. The average Bonchev–Trinajstić information content (AvgIpc) is 3.00. The van der Waals surface area contributed by atoms with Crippen LogP contribution in [0, 0.1) is 13.8 Å². The number of hydrogen-bond donors (Lipinski definition) is 1. The van der Waals surface area contributed by atoms with Crippen LogP contribution in [0.3, 0.4) is 0 Å². The third-order valence-corrected chi connectivity index (χ3v) is 8.39. The molecule has 0 unspecified atom stereocenters. The van der Waals surface area contributed by atoms with E-state index in [0.29, 0.717) is 0 Å². The summed E-state index contributed by atoms with van der Waals surface area (Å²) in [6.07, 6.45) is 13.9. The molecule has 0 aliphatic rings. The third-order valence-electron chi connectivity index (χ3n) is 8.39. The van der Waals surface area contributed by atoms with E-state index >= 15 is 0 Å². The maximum atomic E-state index is 5.99. The molecular formula is C39H49NO. The zero-order valence-electron chi connectivity index (χ0n) is 25.6. The minimum absolute atomic E-state index is 0.798. The van der Waals surface area contributed by atoms with Crippen LogP contribution in [0.2, 0.25) is 0 Å². The zero-order valence-corrected chi connectivity index (χ0v) is 25.6. The summed E-state index contributed by atoms with van der Waals surface area (Å²) in [6, 6.07) is 30.7. The summed E-state index contributed by atoms with van der Waals surface area (Å²) in [7, 11) is 0. The van der Waals surface area contributed by atoms with Crippen LogP contribution in [0.25, 0.3) is 22.3 Å². The molecule has 0 saturated carbocycles. The summed E-state index contributed by atoms with van der Waals surface area (Å²) in [5.41, 5.74) is 17.2. The number of hydrogen-bond acceptors (Lipinski definition) is 2. The summed E-state index contributed by atoms with van der Waals surface area (Å²) < 4.78 is 5.99. The second-order valence-electron chi connectivity index (χ2n) is 11.6. The van der Waals surface area contributed by atoms with Crippen LogP contribution >= 0.6 is 0 Å². The molecule has 0 bridgehead atoms. The number of unbranched alkanes of at least 4 members (excludes halogenated alkanes) is 7. The molecule has 41 heavy (non-hydrogen) atoms. The van der Waals surface area contributed by atoms with E-state index in [2.05, 4.69) is 93.6 Å². The Hall–Kier alpha value is -3.52. The second-order valence-corrected chi connectivity index (χ2v) is 11.6. The number of anilines is 1. The summed E-state index contributed by atoms with van der Waals surface area (Å²) >= 11 is 0. The van der Waals surface area contributed by atoms with Crippen molar-refractivity contribution >= 4 is 5.69 Å². The van der Waals surface area contributed by atoms with Gasteiger partial charge in [-0.3, -0.25) is 0 Å². The van der Waals surface area contributed by atoms with Crippen LogP contribution in [0.5, 0.6) is 5.75 Å². The molecule has 2 N–H and O–H groups in total. The fourth-order valence-corrected chi connectivity index (χ4v) is 5.52. The molecule has 0 amide bonds. The van der Waals surface area contributed by atoms with Crippen LogP contribution in [-0.2, 0) is 12.8 Å². The predicted octanol–water partition coefficient (Wildman–Crippen LogP) is 10.9. The molecule has 0 atom stereocenters. The van der Waals surface area contributed by atoms with Gasteiger partial charge in [0.1, 0.15) is 5.75 Å². The van der Waals surface area contributed by atoms with Gasteiger partial charge in [0.05, 0.1) is 6.61 Å². The van der Waals surface area contributed by atoms with Crippen molar-refractivity contribution in [2.45, 2.75) is 91.4 Å². The lowest BCUT2D eigenvalue weighted by atomic mass is 9.95. The number of nitrogen functional groups attached to an aromatic ring is 1. The van der Waals surface area contributed by atoms with Crippen LogP contribution in [0.1, 0.15) is 87.0 Å². The van der Waals surface area contributed by atoms with E-state index in [4.69, 9.17) is 10.5 Å². The van der Waals surface area contributed by atoms with Crippen molar-refractivity contribution in [1.82, 2.24) is 0 Å². The largest absolute Gasteiger partial charge is 0.493 e. The molecule has 2 nitrogen and oxygen atoms in total. The summed E-state index contributed by atoms with van der Waals surface area (Å²) in [5, 5.41) is 0. The molecule has 0 spiro atoms. The van der Waals surface area contributed by atoms with Gasteiger partial charge in [0.25, 0.3) is 0 Å². The normalized spacial score (nSPS) is 11.1. The molecule has 0 aliphatic heterocycles. The molecule has 0 radical (unpaired) electrons. The quantitative estimate of drug-likeness (QED) is 0.112. The van der Waals surface area contributed by atoms with Crippen molar-refractivity contribution in [3.8, 4) is 28.0 Å². The molecule has 0 fully saturated rings. The first kappa shape index (κ1) is 30.4. The average molecular weight is 548 g/mol. The SMILES string of the molecule is CCCCOc1ccc(-c2ccc(CCCCCCCCCc3ccc(-c4ccc(N)cc4)cc3)cc2)c(C)c1C. The minimum Gasteiger partial charge on any atom is -0.493 e. The highest BCUT2D eigenvalue weighted by Gasteiger charge is 2.09. The molecule has 216 valence electrons. The molecule has 0 heterocycles. The van der Waals surface area contributed by atoms with Crippen LogP contribution in [-0.4, -0.2) is 6.61 Å². The molecular weight excluding hydrogens is 498 g/mol. The van der Waals surface area contributed by atoms with E-state index < -0.39 is 0 Å². The van der Waals surface area contributed by atoms with E-state index in [0.717, 1.165) is 30.9 Å². The number of rotatable bonds is 16. The first-order valence-corrected chi connectivity index (χ1v) is 15.8. The first-order chi connectivity index (χ1) is 20.0. The highest BCUT2D eigenvalue weighted by Crippen LogP contribution is 2.31. The minimum atomic E-state index is 0.798. The van der Waals surface area contributed by atoms with Gasteiger partial charge in [0.2, 0.25) is 0 Å². The topological polar surface area (TPSA) is 35.2 Å². The number of ether oxygens (including phenoxy) is 1. The van der Waals surface area contributed by atoms with E-state index in [1.54, 1.807) is 0 Å². The van der Waals surface area contributed by atoms with Crippen molar-refractivity contribution < 1.29 is 4.74 Å². The Kier molecular flexibility index (Phi) is 11.9. The lowest BCUT2D eigenvalue weighted by Crippen LogP contribution is -2.00. The molecule has 4 aromatic carbocycles. The number of nitrogens with two attached hydrogens (primary N) is 1. The van der Waals surface area contributed by atoms with Gasteiger partial charge in [-0.15, -0.1) is 0 Å². The van der Waals surface area contributed by atoms with Gasteiger partial charge in [-0.05, 0) is 109 Å². The maximum Gasteiger partial charge on any atom is 0.122 e. The van der Waals surface area contributed by atoms with Gasteiger partial charge >= 0.3 is 0 Å². The molecule has 0 saturated heterocycles. The van der Waals surface area contributed by atoms with Crippen molar-refractivity contribution in [1.29, 1.82) is 0 Å². The van der Waals surface area contributed by atoms with Gasteiger partial charge in [-0.25, -0.2) is 0 Å². The van der Waals surface area contributed by atoms with Gasteiger partial charge in [-0.2, -0.15) is 0 Å². The van der Waals surface area contributed by atoms with Gasteiger partial charge in [0, 0.05) is 5.69 Å². The van der Waals surface area contributed by atoms with Crippen LogP contribution in [0.4, 0.5) is 5.69 Å². The molecule has 0 aliphatic carbocycles. The fraction of sp³-hybridized carbons (Fsp3) is 0.385. The standard InChI is InChI=1S/C39H49NO/c1-4-5-29-41-39-28-27-38(30(2)31(39)3)36-21-17-33(18-22-36)14-12-10-8-6-7-9-11-13-32-15-19-34(20-16-32)35-23-25-37(40)26-24-35/h15-28H,4-14,29,40H2,1-3H3. The third kappa shape index (κ3) is 9.25. The van der Waals surface area contributed by atoms with Crippen LogP contribution < -0.4 is 10.5 Å². The van der Waals surface area contributed by atoms with Gasteiger partial charge < -0.3 is 10.5 Å². The Bertz CT molecular complexity index is 1320. The lowest BCUT2D eigenvalue weighted by molar-refractivity contribution is 0.307. The van der Waals surface area contributed by atoms with E-state index in [-0.39, 0.29) is 0 Å². The molecule has 0 aromatic heterocycles. The number of benzene rings is 4. The Morgan fingerprint density at radius 1 is 0.512 bits per heavy atom. The van der Waals surface area contributed by atoms with E-state index in [1.807, 2.05) is 12.1 Å². The number of aryl methyl sites for hydroxylation is 2. The monoisotopic (exact) mass is 547 g/mol. The fourth-order valence-electron chi connectivity index (χ4n) is 5.52. The Morgan fingerprint density at radius 2 is 1.00 bits per heavy atom. The highest BCUT2D eigenvalue weighted by molar-refractivity contribution is 5.70. The summed E-state index contributed by atoms with van der Waals surface area (Å²) in [4.78, 5) is 0. The molecule has 4 aromatic rings. The first-order valence-electron chi connectivity index (χ1n) is 15.8. The molecule has 4 rings (SSSR count). The van der Waals surface area contributed by atoms with Crippen molar-refractivity contribution in [3.63, 3.8) is 0 Å². The zero-order chi connectivity index (χ0) is 28.9. The predicted molar refractivity (Wildman–Crippen MR) is 178 cm³/mol. The van der Waals surface area contributed by atoms with Crippen molar-refractivity contribution in [2.24, 2.45) is 0 Å². The maximum absolute atomic E-state index is 5.99. The van der Waals surface area contributed by atoms with Crippen molar-refractivity contribution in [3.05, 3.63) is 107 Å². The summed E-state index contributed by atoms with van der Waals surface area (Å²) in [5.74, 6) is 1.02. The Morgan fingerprint density at radius 3 is 1.54 bits per heavy atom. The highest BCUT2D eigenvalue weighted by atomic mass is 16.5. The van der Waals surface area contributed by atoms with E-state index in [1.165, 1.54) is 102 Å². The summed E-state index contributed by atoms with van der Waals surface area (Å²) in [6.45, 7) is 7.39. The Labute approximate surface area is 249 Å². The Balaban J connectivity index is 1.09.